The van der Waals surface area contributed by atoms with E-state index >= 15 is 0 Å². The Labute approximate surface area is 84.7 Å². The molecule has 1 aromatic rings. The lowest BCUT2D eigenvalue weighted by molar-refractivity contribution is 0.302. The van der Waals surface area contributed by atoms with Crippen molar-refractivity contribution in [2.45, 2.75) is 26.8 Å². The van der Waals surface area contributed by atoms with Crippen molar-refractivity contribution >= 4 is 0 Å². The molecule has 0 saturated carbocycles. The summed E-state index contributed by atoms with van der Waals surface area (Å²) >= 11 is 0. The van der Waals surface area contributed by atoms with Gasteiger partial charge in [-0.3, -0.25) is 4.98 Å². The quantitative estimate of drug-likeness (QED) is 0.744. The number of nitrogens with zero attached hydrogens (tertiary/aromatic N) is 2. The second-order valence-electron chi connectivity index (χ2n) is 2.98. The van der Waals surface area contributed by atoms with Gasteiger partial charge in [0.2, 0.25) is 5.88 Å². The molecule has 0 unspecified atom stereocenters. The van der Waals surface area contributed by atoms with E-state index in [9.17, 15) is 0 Å². The first-order chi connectivity index (χ1) is 6.86. The Hall–Kier alpha value is -1.16. The molecule has 0 spiro atoms. The van der Waals surface area contributed by atoms with Crippen molar-refractivity contribution < 1.29 is 4.74 Å². The van der Waals surface area contributed by atoms with E-state index in [-0.39, 0.29) is 0 Å². The summed E-state index contributed by atoms with van der Waals surface area (Å²) in [6, 6.07) is 0. The minimum atomic E-state index is 0.613. The average molecular weight is 195 g/mol. The van der Waals surface area contributed by atoms with E-state index in [1.165, 1.54) is 0 Å². The predicted molar refractivity (Wildman–Crippen MR) is 55.2 cm³/mol. The zero-order chi connectivity index (χ0) is 10.2. The molecule has 0 saturated heterocycles. The van der Waals surface area contributed by atoms with E-state index in [0.717, 1.165) is 25.2 Å². The van der Waals surface area contributed by atoms with Crippen molar-refractivity contribution in [1.29, 1.82) is 0 Å². The van der Waals surface area contributed by atoms with E-state index in [1.807, 2.05) is 0 Å². The largest absolute Gasteiger partial charge is 0.477 e. The zero-order valence-corrected chi connectivity index (χ0v) is 8.79. The van der Waals surface area contributed by atoms with Crippen molar-refractivity contribution in [2.75, 3.05) is 13.2 Å². The molecule has 0 bridgehead atoms. The van der Waals surface area contributed by atoms with Crippen LogP contribution in [0.3, 0.4) is 0 Å². The molecule has 14 heavy (non-hydrogen) atoms. The third-order valence-corrected chi connectivity index (χ3v) is 1.67. The maximum Gasteiger partial charge on any atom is 0.232 e. The Morgan fingerprint density at radius 3 is 2.93 bits per heavy atom. The third-order valence-electron chi connectivity index (χ3n) is 1.67. The van der Waals surface area contributed by atoms with E-state index in [2.05, 4.69) is 29.1 Å². The van der Waals surface area contributed by atoms with Crippen molar-refractivity contribution in [1.82, 2.24) is 15.3 Å². The number of hydrogen-bond acceptors (Lipinski definition) is 4. The maximum absolute atomic E-state index is 5.37. The number of rotatable bonds is 6. The van der Waals surface area contributed by atoms with Gasteiger partial charge >= 0.3 is 0 Å². The number of ether oxygens (including phenoxy) is 1. The SMILES string of the molecule is CCCOc1cncc(CNCC)n1. The standard InChI is InChI=1S/C10H17N3O/c1-3-5-14-10-8-12-7-9(13-10)6-11-4-2/h7-8,11H,3-6H2,1-2H3. The highest BCUT2D eigenvalue weighted by atomic mass is 16.5. The molecule has 0 atom stereocenters. The van der Waals surface area contributed by atoms with Crippen LogP contribution in [0.2, 0.25) is 0 Å². The Morgan fingerprint density at radius 1 is 1.36 bits per heavy atom. The number of hydrogen-bond donors (Lipinski definition) is 1. The van der Waals surface area contributed by atoms with Crippen molar-refractivity contribution in [3.05, 3.63) is 18.1 Å². The molecule has 1 heterocycles. The van der Waals surface area contributed by atoms with Crippen LogP contribution >= 0.6 is 0 Å². The summed E-state index contributed by atoms with van der Waals surface area (Å²) < 4.78 is 5.37. The molecule has 1 rings (SSSR count). The van der Waals surface area contributed by atoms with Crippen molar-refractivity contribution in [2.24, 2.45) is 0 Å². The first kappa shape index (κ1) is 10.9. The summed E-state index contributed by atoms with van der Waals surface area (Å²) in [7, 11) is 0. The monoisotopic (exact) mass is 195 g/mol. The second-order valence-corrected chi connectivity index (χ2v) is 2.98. The van der Waals surface area contributed by atoms with Crippen molar-refractivity contribution in [3.63, 3.8) is 0 Å². The molecular weight excluding hydrogens is 178 g/mol. The lowest BCUT2D eigenvalue weighted by atomic mass is 10.4. The molecule has 0 aliphatic carbocycles. The minimum Gasteiger partial charge on any atom is -0.477 e. The van der Waals surface area contributed by atoms with Crippen LogP contribution in [-0.4, -0.2) is 23.1 Å². The summed E-state index contributed by atoms with van der Waals surface area (Å²) in [5.41, 5.74) is 0.917. The summed E-state index contributed by atoms with van der Waals surface area (Å²) in [4.78, 5) is 8.36. The second kappa shape index (κ2) is 6.32. The van der Waals surface area contributed by atoms with Gasteiger partial charge in [-0.25, -0.2) is 4.98 Å². The molecule has 4 nitrogen and oxygen atoms in total. The summed E-state index contributed by atoms with van der Waals surface area (Å²) in [5.74, 6) is 0.613. The van der Waals surface area contributed by atoms with Gasteiger partial charge in [0.15, 0.2) is 0 Å². The molecule has 0 aromatic carbocycles. The first-order valence-electron chi connectivity index (χ1n) is 5.01. The lowest BCUT2D eigenvalue weighted by Gasteiger charge is -2.05. The fourth-order valence-corrected chi connectivity index (χ4v) is 1.00. The molecule has 78 valence electrons. The van der Waals surface area contributed by atoms with Gasteiger partial charge in [0.05, 0.1) is 18.5 Å². The Balaban J connectivity index is 2.50. The fourth-order valence-electron chi connectivity index (χ4n) is 1.00. The fraction of sp³-hybridized carbons (Fsp3) is 0.600. The number of nitrogens with one attached hydrogen (secondary N) is 1. The molecule has 1 N–H and O–H groups in total. The van der Waals surface area contributed by atoms with Crippen LogP contribution in [0.1, 0.15) is 26.0 Å². The maximum atomic E-state index is 5.37. The molecule has 0 aliphatic heterocycles. The summed E-state index contributed by atoms with van der Waals surface area (Å²) in [5, 5.41) is 3.19. The molecular formula is C10H17N3O. The highest BCUT2D eigenvalue weighted by molar-refractivity contribution is 5.08. The van der Waals surface area contributed by atoms with Crippen LogP contribution in [-0.2, 0) is 6.54 Å². The Morgan fingerprint density at radius 2 is 2.21 bits per heavy atom. The summed E-state index contributed by atoms with van der Waals surface area (Å²) in [6.45, 7) is 6.49. The normalized spacial score (nSPS) is 10.1. The molecule has 1 aromatic heterocycles. The van der Waals surface area contributed by atoms with Gasteiger partial charge in [-0.1, -0.05) is 13.8 Å². The van der Waals surface area contributed by atoms with Crippen LogP contribution in [0.15, 0.2) is 12.4 Å². The molecule has 4 heteroatoms. The Kier molecular flexibility index (Phi) is 4.93. The van der Waals surface area contributed by atoms with Gasteiger partial charge in [-0.15, -0.1) is 0 Å². The van der Waals surface area contributed by atoms with Gasteiger partial charge in [0.1, 0.15) is 0 Å². The molecule has 0 aliphatic rings. The van der Waals surface area contributed by atoms with Crippen LogP contribution in [0, 0.1) is 0 Å². The molecule has 0 amide bonds. The van der Waals surface area contributed by atoms with E-state index in [0.29, 0.717) is 12.5 Å². The van der Waals surface area contributed by atoms with Gasteiger partial charge in [0, 0.05) is 12.7 Å². The summed E-state index contributed by atoms with van der Waals surface area (Å²) in [6.07, 6.45) is 4.38. The zero-order valence-electron chi connectivity index (χ0n) is 8.79. The topological polar surface area (TPSA) is 47.0 Å². The van der Waals surface area contributed by atoms with Gasteiger partial charge in [0.25, 0.3) is 0 Å². The van der Waals surface area contributed by atoms with Gasteiger partial charge in [-0.05, 0) is 13.0 Å². The smallest absolute Gasteiger partial charge is 0.232 e. The van der Waals surface area contributed by atoms with Crippen LogP contribution in [0.4, 0.5) is 0 Å². The van der Waals surface area contributed by atoms with E-state index in [4.69, 9.17) is 4.74 Å². The van der Waals surface area contributed by atoms with Gasteiger partial charge < -0.3 is 10.1 Å². The van der Waals surface area contributed by atoms with E-state index in [1.54, 1.807) is 12.4 Å². The van der Waals surface area contributed by atoms with Crippen LogP contribution < -0.4 is 10.1 Å². The number of aromatic nitrogens is 2. The van der Waals surface area contributed by atoms with Crippen LogP contribution in [0.25, 0.3) is 0 Å². The van der Waals surface area contributed by atoms with E-state index < -0.39 is 0 Å². The third kappa shape index (κ3) is 3.70. The highest BCUT2D eigenvalue weighted by Gasteiger charge is 1.98. The highest BCUT2D eigenvalue weighted by Crippen LogP contribution is 2.04. The van der Waals surface area contributed by atoms with Crippen LogP contribution in [0.5, 0.6) is 5.88 Å². The first-order valence-corrected chi connectivity index (χ1v) is 5.01. The lowest BCUT2D eigenvalue weighted by Crippen LogP contribution is -2.13. The molecule has 0 fully saturated rings. The average Bonchev–Trinajstić information content (AvgIpc) is 2.24. The van der Waals surface area contributed by atoms with Crippen molar-refractivity contribution in [3.8, 4) is 5.88 Å². The minimum absolute atomic E-state index is 0.613. The predicted octanol–water partition coefficient (Wildman–Crippen LogP) is 1.37. The Bertz CT molecular complexity index is 242. The molecule has 0 radical (unpaired) electrons. The van der Waals surface area contributed by atoms with Gasteiger partial charge in [-0.2, -0.15) is 0 Å².